The van der Waals surface area contributed by atoms with Gasteiger partial charge in [-0.1, -0.05) is 138 Å². The van der Waals surface area contributed by atoms with Crippen LogP contribution in [0.25, 0.3) is 0 Å². The van der Waals surface area contributed by atoms with E-state index < -0.39 is 16.6 Å². The number of hydrogen-bond acceptors (Lipinski definition) is 3. The van der Waals surface area contributed by atoms with E-state index in [4.69, 9.17) is 15.3 Å². The van der Waals surface area contributed by atoms with Gasteiger partial charge in [0, 0.05) is 35.5 Å². The smallest absolute Gasteiger partial charge is 0.232 e. The van der Waals surface area contributed by atoms with Gasteiger partial charge in [-0.05, 0) is 144 Å². The van der Waals surface area contributed by atoms with E-state index in [1.54, 1.807) is 0 Å². The normalized spacial score (nSPS) is 11.3. The first-order valence-electron chi connectivity index (χ1n) is 22.5. The summed E-state index contributed by atoms with van der Waals surface area (Å²) in [6.45, 7) is 27.3. The van der Waals surface area contributed by atoms with Gasteiger partial charge in [-0.3, -0.25) is 4.79 Å². The lowest BCUT2D eigenvalue weighted by Crippen LogP contribution is -2.58. The van der Waals surface area contributed by atoms with Gasteiger partial charge >= 0.3 is 0 Å². The minimum Gasteiger partial charge on any atom is -0.411 e. The fraction of sp³-hybridized carbons (Fsp3) is 0.561. The lowest BCUT2D eigenvalue weighted by atomic mass is 9.97. The van der Waals surface area contributed by atoms with Crippen molar-refractivity contribution >= 4 is 22.5 Å². The standard InChI is InChI=1S/C57H71NO3Si2/c1-14-17-19-21-23-25-27-29-30-31-32-33-34-35-36-37-38-39-41-43-45-47-49-51-54(59)58-52(16-3)55(61-63(12,13)57(7,8)9)53(60-62(10,11)56(4,5)6)50-48-46-44-42-40-28-26-24-22-20-18-15-2/h1,52-53,55H,15-16,18,20,22,24,26,28,40,42,44,46,48,50-51H2,2-13H3,(H,58,59)/t52-,53+,55-/m0/s1. The van der Waals surface area contributed by atoms with Crippen molar-refractivity contribution in [3.05, 3.63) is 0 Å². The van der Waals surface area contributed by atoms with Crippen LogP contribution in [0.2, 0.25) is 36.3 Å². The van der Waals surface area contributed by atoms with Crippen LogP contribution in [0.1, 0.15) is 152 Å². The molecule has 0 heterocycles. The molecule has 0 unspecified atom stereocenters. The van der Waals surface area contributed by atoms with Crippen LogP contribution in [0.5, 0.6) is 0 Å². The maximum absolute atomic E-state index is 13.4. The maximum Gasteiger partial charge on any atom is 0.232 e. The zero-order valence-electron chi connectivity index (χ0n) is 40.6. The van der Waals surface area contributed by atoms with Crippen LogP contribution in [0, 0.1) is 143 Å². The van der Waals surface area contributed by atoms with Crippen molar-refractivity contribution < 1.29 is 13.6 Å². The number of hydrogen-bond donors (Lipinski definition) is 1. The number of nitrogens with one attached hydrogen (secondary N) is 1. The van der Waals surface area contributed by atoms with E-state index in [9.17, 15) is 4.79 Å². The van der Waals surface area contributed by atoms with Crippen molar-refractivity contribution in [3.63, 3.8) is 0 Å². The van der Waals surface area contributed by atoms with Gasteiger partial charge in [-0.15, -0.1) is 6.42 Å². The third-order valence-electron chi connectivity index (χ3n) is 11.0. The van der Waals surface area contributed by atoms with Gasteiger partial charge < -0.3 is 14.2 Å². The van der Waals surface area contributed by atoms with Gasteiger partial charge in [0.2, 0.25) is 5.91 Å². The van der Waals surface area contributed by atoms with Gasteiger partial charge in [0.1, 0.15) is 0 Å². The molecule has 4 nitrogen and oxygen atoms in total. The number of rotatable bonds is 22. The lowest BCUT2D eigenvalue weighted by Gasteiger charge is -2.47. The van der Waals surface area contributed by atoms with Crippen LogP contribution in [-0.4, -0.2) is 40.8 Å². The molecule has 0 aromatic heterocycles. The monoisotopic (exact) mass is 873 g/mol. The van der Waals surface area contributed by atoms with Crippen molar-refractivity contribution in [3.8, 4) is 143 Å². The summed E-state index contributed by atoms with van der Waals surface area (Å²) in [6.07, 6.45) is 21.8. The molecule has 6 heteroatoms. The largest absolute Gasteiger partial charge is 0.411 e. The summed E-state index contributed by atoms with van der Waals surface area (Å²) in [5.74, 6) is 58.3. The Morgan fingerprint density at radius 1 is 0.508 bits per heavy atom. The molecule has 1 amide bonds. The second-order valence-electron chi connectivity index (χ2n) is 18.1. The zero-order chi connectivity index (χ0) is 47.3. The third-order valence-corrected chi connectivity index (χ3v) is 20.0. The molecule has 0 aromatic rings. The Kier molecular flexibility index (Phi) is 31.1. The summed E-state index contributed by atoms with van der Waals surface area (Å²) in [5.41, 5.74) is 0. The molecule has 0 aliphatic heterocycles. The van der Waals surface area contributed by atoms with Gasteiger partial charge in [0.25, 0.3) is 0 Å². The predicted molar refractivity (Wildman–Crippen MR) is 271 cm³/mol. The quantitative estimate of drug-likeness (QED) is 0.0670. The van der Waals surface area contributed by atoms with Crippen LogP contribution in [0.3, 0.4) is 0 Å². The molecule has 1 N–H and O–H groups in total. The zero-order valence-corrected chi connectivity index (χ0v) is 42.6. The molecule has 3 atom stereocenters. The van der Waals surface area contributed by atoms with E-state index in [1.807, 2.05) is 0 Å². The highest BCUT2D eigenvalue weighted by Gasteiger charge is 2.46. The SMILES string of the molecule is C#CC#CC#CC#CC#CC#CC#CC#CC#CC#CC#CC#CCC(=O)N[C@@H](CC)[C@H](O[Si](C)(C)C(C)(C)C)[C@@H](CCCCCCCCCCCCCC)O[Si](C)(C)C(C)(C)C. The van der Waals surface area contributed by atoms with E-state index >= 15 is 0 Å². The Balaban J connectivity index is 5.72. The van der Waals surface area contributed by atoms with Crippen molar-refractivity contribution in [2.45, 2.75) is 206 Å². The van der Waals surface area contributed by atoms with Crippen LogP contribution >= 0.6 is 0 Å². The summed E-state index contributed by atoms with van der Waals surface area (Å²) in [7, 11) is -4.44. The highest BCUT2D eigenvalue weighted by Crippen LogP contribution is 2.42. The summed E-state index contributed by atoms with van der Waals surface area (Å²) in [6, 6.07) is -0.226. The molecule has 0 radical (unpaired) electrons. The van der Waals surface area contributed by atoms with Crippen molar-refractivity contribution in [1.29, 1.82) is 0 Å². The predicted octanol–water partition coefficient (Wildman–Crippen LogP) is 10.8. The highest BCUT2D eigenvalue weighted by atomic mass is 28.4. The third kappa shape index (κ3) is 29.5. The van der Waals surface area contributed by atoms with Gasteiger partial charge in [-0.25, -0.2) is 0 Å². The minimum absolute atomic E-state index is 0.00755. The molecule has 0 spiro atoms. The Morgan fingerprint density at radius 3 is 1.19 bits per heavy atom. The summed E-state index contributed by atoms with van der Waals surface area (Å²) in [4.78, 5) is 13.4. The van der Waals surface area contributed by atoms with Crippen LogP contribution in [-0.2, 0) is 13.6 Å². The molecule has 0 fully saturated rings. The molecule has 0 saturated heterocycles. The Labute approximate surface area is 388 Å². The van der Waals surface area contributed by atoms with Gasteiger partial charge in [0.15, 0.2) is 16.6 Å². The Bertz CT molecular complexity index is 2220. The first kappa shape index (κ1) is 57.5. The minimum atomic E-state index is -2.26. The molecule has 0 bridgehead atoms. The second kappa shape index (κ2) is 34.1. The maximum atomic E-state index is 13.4. The van der Waals surface area contributed by atoms with E-state index in [2.05, 4.69) is 223 Å². The van der Waals surface area contributed by atoms with Gasteiger partial charge in [0.05, 0.1) is 24.7 Å². The summed E-state index contributed by atoms with van der Waals surface area (Å²) < 4.78 is 14.6. The average molecular weight is 874 g/mol. The van der Waals surface area contributed by atoms with E-state index in [0.29, 0.717) is 6.42 Å². The van der Waals surface area contributed by atoms with Crippen LogP contribution in [0.4, 0.5) is 0 Å². The molecule has 63 heavy (non-hydrogen) atoms. The first-order chi connectivity index (χ1) is 29.9. The van der Waals surface area contributed by atoms with E-state index in [-0.39, 0.29) is 40.7 Å². The van der Waals surface area contributed by atoms with Crippen LogP contribution < -0.4 is 5.32 Å². The van der Waals surface area contributed by atoms with Crippen molar-refractivity contribution in [2.24, 2.45) is 0 Å². The van der Waals surface area contributed by atoms with E-state index in [0.717, 1.165) is 12.8 Å². The Morgan fingerprint density at radius 2 is 0.841 bits per heavy atom. The number of carbonyl (C=O) groups excluding carboxylic acids is 1. The van der Waals surface area contributed by atoms with Crippen LogP contribution in [0.15, 0.2) is 0 Å². The topological polar surface area (TPSA) is 47.6 Å². The van der Waals surface area contributed by atoms with Gasteiger partial charge in [-0.2, -0.15) is 0 Å². The molecular formula is C57H71NO3Si2. The number of unbranched alkanes of at least 4 members (excludes halogenated alkanes) is 11. The first-order valence-corrected chi connectivity index (χ1v) is 28.3. The highest BCUT2D eigenvalue weighted by molar-refractivity contribution is 6.74. The molecule has 0 aromatic carbocycles. The summed E-state index contributed by atoms with van der Waals surface area (Å²) in [5, 5.41) is 3.33. The summed E-state index contributed by atoms with van der Waals surface area (Å²) >= 11 is 0. The van der Waals surface area contributed by atoms with Crippen molar-refractivity contribution in [2.75, 3.05) is 0 Å². The Hall–Kier alpha value is -5.46. The number of carbonyl (C=O) groups is 1. The number of amides is 1. The fourth-order valence-electron chi connectivity index (χ4n) is 5.44. The number of terminal acetylenes is 1. The molecule has 0 rings (SSSR count). The van der Waals surface area contributed by atoms with Crippen molar-refractivity contribution in [1.82, 2.24) is 5.32 Å². The molecule has 0 aliphatic rings. The molecule has 0 aliphatic carbocycles. The molecule has 0 saturated carbocycles. The fourth-order valence-corrected chi connectivity index (χ4v) is 8.15. The average Bonchev–Trinajstić information content (AvgIpc) is 3.21. The lowest BCUT2D eigenvalue weighted by molar-refractivity contribution is -0.122. The van der Waals surface area contributed by atoms with E-state index in [1.165, 1.54) is 70.6 Å². The molecular weight excluding hydrogens is 803 g/mol. The molecule has 330 valence electrons. The second-order valence-corrected chi connectivity index (χ2v) is 27.7.